The highest BCUT2D eigenvalue weighted by Crippen LogP contribution is 2.18. The normalized spacial score (nSPS) is 9.64. The molecule has 75 heavy (non-hydrogen) atoms. The van der Waals surface area contributed by atoms with Crippen LogP contribution in [0.5, 0.6) is 23.0 Å². The third kappa shape index (κ3) is 21.1. The molecule has 0 atom stereocenters. The number of carbonyl (C=O) groups is 2. The summed E-state index contributed by atoms with van der Waals surface area (Å²) in [6.45, 7) is 2.74. The lowest BCUT2D eigenvalue weighted by Gasteiger charge is -2.08. The highest BCUT2D eigenvalue weighted by Gasteiger charge is 2.18. The van der Waals surface area contributed by atoms with E-state index in [0.717, 1.165) is 34.6 Å². The van der Waals surface area contributed by atoms with Gasteiger partial charge in [0.1, 0.15) is 32.2 Å². The first-order valence-electron chi connectivity index (χ1n) is 21.6. The summed E-state index contributed by atoms with van der Waals surface area (Å²) in [5.74, 6) is -0.811. The van der Waals surface area contributed by atoms with Gasteiger partial charge < -0.3 is 46.6 Å². The van der Waals surface area contributed by atoms with Gasteiger partial charge in [-0.25, -0.2) is 4.79 Å². The standard InChI is InChI=1S/C16H17NO3.C13H10O5.C13H10O4.C13H12O3.4CH4/c1-17(2)10-8-15-16(14(18)9-11-19-15)20-12-13-6-4-3-5-7-13;14-10-6-7-17-12(13(15)16)11(10)18-8-9-4-2-1-3-5-9;14-8-12-13(11(15)6-7-16-12)17-9-10-4-2-1-3-5-10;1-10-13(12(14)7-8-15-10)16-9-11-5-3-2-4-6-11;;;;/h3-11H,12H2,1-2H3;1-7H,8H2,(H,15,16);1-8H,9H2;2-8H,9H2,1H3;4*1H4/b10-8+;;;;;;;. The molecule has 16 heteroatoms. The van der Waals surface area contributed by atoms with Gasteiger partial charge in [0, 0.05) is 50.6 Å². The van der Waals surface area contributed by atoms with Gasteiger partial charge in [0.2, 0.25) is 50.5 Å². The molecule has 0 fully saturated rings. The molecule has 8 rings (SSSR count). The predicted molar refractivity (Wildman–Crippen MR) is 290 cm³/mol. The Balaban J connectivity index is 0.000000493. The van der Waals surface area contributed by atoms with Gasteiger partial charge >= 0.3 is 5.97 Å². The lowest BCUT2D eigenvalue weighted by Crippen LogP contribution is -2.12. The lowest BCUT2D eigenvalue weighted by molar-refractivity contribution is 0.0650. The third-order valence-corrected chi connectivity index (χ3v) is 9.30. The molecule has 0 bridgehead atoms. The van der Waals surface area contributed by atoms with E-state index in [4.69, 9.17) is 41.7 Å². The minimum Gasteiger partial charge on any atom is -0.482 e. The van der Waals surface area contributed by atoms with Crippen LogP contribution < -0.4 is 40.7 Å². The Bertz CT molecular complexity index is 3160. The number of aryl methyl sites for hydroxylation is 1. The monoisotopic (exact) mass is 1030 g/mol. The van der Waals surface area contributed by atoms with Crippen LogP contribution in [0, 0.1) is 6.92 Å². The highest BCUT2D eigenvalue weighted by molar-refractivity contribution is 5.87. The van der Waals surface area contributed by atoms with Crippen molar-refractivity contribution < 1.29 is 51.3 Å². The van der Waals surface area contributed by atoms with Gasteiger partial charge in [-0.1, -0.05) is 151 Å². The molecule has 1 N–H and O–H groups in total. The first-order chi connectivity index (χ1) is 34.4. The number of hydrogen-bond donors (Lipinski definition) is 1. The molecule has 0 saturated heterocycles. The zero-order valence-corrected chi connectivity index (χ0v) is 38.8. The van der Waals surface area contributed by atoms with Crippen LogP contribution in [0.2, 0.25) is 0 Å². The van der Waals surface area contributed by atoms with Crippen molar-refractivity contribution in [1.82, 2.24) is 4.90 Å². The molecule has 8 aromatic rings. The van der Waals surface area contributed by atoms with Gasteiger partial charge in [0.15, 0.2) is 12.0 Å². The summed E-state index contributed by atoms with van der Waals surface area (Å²) in [5, 5.41) is 8.87. The number of nitrogens with zero attached hydrogens (tertiary/aromatic N) is 1. The molecule has 0 unspecified atom stereocenters. The van der Waals surface area contributed by atoms with Gasteiger partial charge in [-0.2, -0.15) is 0 Å². The van der Waals surface area contributed by atoms with Crippen LogP contribution in [0.1, 0.15) is 84.6 Å². The summed E-state index contributed by atoms with van der Waals surface area (Å²) in [5.41, 5.74) is 2.53. The van der Waals surface area contributed by atoms with Crippen molar-refractivity contribution in [3.8, 4) is 23.0 Å². The average molecular weight is 1030 g/mol. The second kappa shape index (κ2) is 34.0. The van der Waals surface area contributed by atoms with Crippen molar-refractivity contribution >= 4 is 18.3 Å². The summed E-state index contributed by atoms with van der Waals surface area (Å²) >= 11 is 0. The van der Waals surface area contributed by atoms with Crippen molar-refractivity contribution in [2.75, 3.05) is 14.1 Å². The Labute approximate surface area is 436 Å². The van der Waals surface area contributed by atoms with Crippen molar-refractivity contribution in [3.63, 3.8) is 0 Å². The fourth-order valence-electron chi connectivity index (χ4n) is 5.82. The molecule has 4 aromatic carbocycles. The lowest BCUT2D eigenvalue weighted by atomic mass is 10.2. The Kier molecular flexibility index (Phi) is 28.8. The Hall–Kier alpha value is -9.44. The van der Waals surface area contributed by atoms with E-state index in [-0.39, 0.29) is 88.0 Å². The SMILES string of the molecule is C.C.C.C.CN(C)/C=C/c1occc(=O)c1OCc1ccccc1.Cc1occc(=O)c1OCc1ccccc1.O=C(O)c1occc(=O)c1OCc1ccccc1.O=Cc1occc(=O)c1OCc1ccccc1. The Morgan fingerprint density at radius 1 is 0.467 bits per heavy atom. The quantitative estimate of drug-likeness (QED) is 0.0890. The second-order valence-electron chi connectivity index (χ2n) is 14.9. The fourth-order valence-corrected chi connectivity index (χ4v) is 5.82. The number of aromatic carboxylic acids is 1. The molecule has 0 radical (unpaired) electrons. The Morgan fingerprint density at radius 3 is 1.16 bits per heavy atom. The summed E-state index contributed by atoms with van der Waals surface area (Å²) in [6.07, 6.45) is 8.90. The van der Waals surface area contributed by atoms with E-state index in [1.807, 2.05) is 140 Å². The fraction of sp³-hybridized carbons (Fsp3) is 0.186. The zero-order chi connectivity index (χ0) is 50.8. The summed E-state index contributed by atoms with van der Waals surface area (Å²) < 4.78 is 41.7. The predicted octanol–water partition coefficient (Wildman–Crippen LogP) is 11.8. The number of carboxylic acids is 1. The largest absolute Gasteiger partial charge is 0.482 e. The number of hydrogen-bond acceptors (Lipinski definition) is 15. The Morgan fingerprint density at radius 2 is 0.787 bits per heavy atom. The summed E-state index contributed by atoms with van der Waals surface area (Å²) in [6, 6.07) is 42.9. The van der Waals surface area contributed by atoms with E-state index in [2.05, 4.69) is 0 Å². The summed E-state index contributed by atoms with van der Waals surface area (Å²) in [7, 11) is 3.78. The average Bonchev–Trinajstić information content (AvgIpc) is 3.38. The van der Waals surface area contributed by atoms with Crippen molar-refractivity contribution in [2.24, 2.45) is 0 Å². The molecule has 4 heterocycles. The van der Waals surface area contributed by atoms with E-state index in [1.54, 1.807) is 19.2 Å². The van der Waals surface area contributed by atoms with Gasteiger partial charge in [-0.05, 0) is 29.2 Å². The van der Waals surface area contributed by atoms with Crippen molar-refractivity contribution in [1.29, 1.82) is 0 Å². The molecule has 0 saturated carbocycles. The molecule has 4 aromatic heterocycles. The molecule has 0 aliphatic heterocycles. The van der Waals surface area contributed by atoms with Crippen LogP contribution in [-0.2, 0) is 26.4 Å². The molecular formula is C59H65NO15. The van der Waals surface area contributed by atoms with Gasteiger partial charge in [-0.3, -0.25) is 24.0 Å². The van der Waals surface area contributed by atoms with Gasteiger partial charge in [0.05, 0.1) is 25.1 Å². The van der Waals surface area contributed by atoms with Crippen LogP contribution >= 0.6 is 0 Å². The molecule has 0 aliphatic rings. The second-order valence-corrected chi connectivity index (χ2v) is 14.9. The highest BCUT2D eigenvalue weighted by atomic mass is 16.5. The van der Waals surface area contributed by atoms with Crippen molar-refractivity contribution in [3.05, 3.63) is 263 Å². The number of carboxylic acid groups (broad SMARTS) is 1. The van der Waals surface area contributed by atoms with E-state index >= 15 is 0 Å². The first-order valence-corrected chi connectivity index (χ1v) is 21.6. The van der Waals surface area contributed by atoms with Crippen LogP contribution in [-0.4, -0.2) is 36.4 Å². The van der Waals surface area contributed by atoms with E-state index in [1.165, 1.54) is 37.0 Å². The topological polar surface area (TPSA) is 215 Å². The van der Waals surface area contributed by atoms with E-state index in [9.17, 15) is 28.8 Å². The molecule has 0 amide bonds. The number of aldehydes is 1. The van der Waals surface area contributed by atoms with Gasteiger partial charge in [0.25, 0.3) is 5.76 Å². The first kappa shape index (κ1) is 63.6. The van der Waals surface area contributed by atoms with Gasteiger partial charge in [-0.15, -0.1) is 0 Å². The molecular weight excluding hydrogens is 963 g/mol. The smallest absolute Gasteiger partial charge is 0.375 e. The zero-order valence-electron chi connectivity index (χ0n) is 38.8. The number of benzene rings is 4. The van der Waals surface area contributed by atoms with Crippen LogP contribution in [0.25, 0.3) is 6.08 Å². The molecule has 0 spiro atoms. The van der Waals surface area contributed by atoms with E-state index < -0.39 is 17.2 Å². The minimum absolute atomic E-state index is 0. The maximum atomic E-state index is 11.9. The van der Waals surface area contributed by atoms with E-state index in [0.29, 0.717) is 31.0 Å². The maximum Gasteiger partial charge on any atom is 0.375 e. The number of carbonyl (C=O) groups excluding carboxylic acids is 1. The summed E-state index contributed by atoms with van der Waals surface area (Å²) in [4.78, 5) is 69.7. The van der Waals surface area contributed by atoms with Crippen LogP contribution in [0.4, 0.5) is 0 Å². The number of ether oxygens (including phenoxy) is 4. The van der Waals surface area contributed by atoms with Crippen LogP contribution in [0.3, 0.4) is 0 Å². The van der Waals surface area contributed by atoms with Crippen LogP contribution in [0.15, 0.2) is 214 Å². The molecule has 396 valence electrons. The van der Waals surface area contributed by atoms with Crippen molar-refractivity contribution in [2.45, 2.75) is 63.1 Å². The third-order valence-electron chi connectivity index (χ3n) is 9.30. The molecule has 0 aliphatic carbocycles. The minimum atomic E-state index is -1.34. The number of rotatable bonds is 16. The maximum absolute atomic E-state index is 11.9. The molecule has 16 nitrogen and oxygen atoms in total.